The monoisotopic (exact) mass is 633 g/mol. The van der Waals surface area contributed by atoms with E-state index >= 15 is 0 Å². The minimum absolute atomic E-state index is 0.00494. The van der Waals surface area contributed by atoms with Crippen LogP contribution in [0.25, 0.3) is 0 Å². The Morgan fingerprint density at radius 3 is 2.09 bits per heavy atom. The van der Waals surface area contributed by atoms with E-state index in [1.165, 1.54) is 29.2 Å². The number of hydrogen-bond acceptors (Lipinski definition) is 4. The summed E-state index contributed by atoms with van der Waals surface area (Å²) in [6, 6.07) is 27.5. The van der Waals surface area contributed by atoms with Crippen LogP contribution < -0.4 is 10.0 Å². The fourth-order valence-corrected chi connectivity index (χ4v) is 6.26. The van der Waals surface area contributed by atoms with Crippen molar-refractivity contribution in [2.45, 2.75) is 55.8 Å². The maximum Gasteiger partial charge on any atom is 0.247 e. The van der Waals surface area contributed by atoms with Gasteiger partial charge < -0.3 is 10.2 Å². The Labute approximate surface area is 262 Å². The lowest BCUT2D eigenvalue weighted by molar-refractivity contribution is -0.141. The van der Waals surface area contributed by atoms with Crippen molar-refractivity contribution in [2.75, 3.05) is 0 Å². The Hall–Kier alpha value is -4.05. The molecule has 0 aromatic heterocycles. The largest absolute Gasteiger partial charge is 0.350 e. The number of carbonyl (C=O) groups excluding carboxylic acids is 2. The number of amides is 2. The third-order valence-electron chi connectivity index (χ3n) is 7.40. The van der Waals surface area contributed by atoms with Gasteiger partial charge in [0.15, 0.2) is 0 Å². The van der Waals surface area contributed by atoms with Crippen LogP contribution in [0.4, 0.5) is 4.39 Å². The maximum atomic E-state index is 13.9. The Balaban J connectivity index is 1.37. The molecule has 44 heavy (non-hydrogen) atoms. The Bertz CT molecular complexity index is 1680. The van der Waals surface area contributed by atoms with Gasteiger partial charge >= 0.3 is 0 Å². The van der Waals surface area contributed by atoms with Gasteiger partial charge in [0.05, 0.1) is 4.90 Å². The fourth-order valence-electron chi connectivity index (χ4n) is 4.83. The number of nitrogens with one attached hydrogen (secondary N) is 2. The molecular formula is C34H33ClFN3O4S. The Kier molecular flexibility index (Phi) is 10.1. The molecule has 7 nitrogen and oxygen atoms in total. The molecule has 1 atom stereocenters. The molecular weight excluding hydrogens is 601 g/mol. The van der Waals surface area contributed by atoms with E-state index in [1.807, 2.05) is 30.3 Å². The number of carbonyl (C=O) groups is 2. The number of benzene rings is 4. The fraction of sp³-hybridized carbons (Fsp3) is 0.235. The molecule has 0 aliphatic heterocycles. The average Bonchev–Trinajstić information content (AvgIpc) is 3.84. The van der Waals surface area contributed by atoms with Gasteiger partial charge in [-0.3, -0.25) is 9.59 Å². The molecule has 10 heteroatoms. The molecule has 1 aliphatic carbocycles. The van der Waals surface area contributed by atoms with Crippen LogP contribution in [0.15, 0.2) is 108 Å². The highest BCUT2D eigenvalue weighted by Gasteiger charge is 2.31. The second-order valence-electron chi connectivity index (χ2n) is 10.8. The first-order valence-corrected chi connectivity index (χ1v) is 16.3. The zero-order chi connectivity index (χ0) is 31.1. The van der Waals surface area contributed by atoms with E-state index in [9.17, 15) is 22.4 Å². The molecule has 228 valence electrons. The maximum absolute atomic E-state index is 13.9. The van der Waals surface area contributed by atoms with Crippen molar-refractivity contribution >= 4 is 33.4 Å². The zero-order valence-electron chi connectivity index (χ0n) is 24.0. The molecule has 1 fully saturated rings. The van der Waals surface area contributed by atoms with E-state index < -0.39 is 21.9 Å². The molecule has 0 saturated heterocycles. The minimum atomic E-state index is -3.58. The standard InChI is InChI=1S/C34H33ClFN3O4S/c35-28-13-6-25(7-14-28)22-37-34(41)33(27-4-2-1-3-5-27)39(23-26-8-15-29(36)16-9-26)32(40)21-12-24-10-19-31(20-11-24)44(42,43)38-30-17-18-30/h1-11,13-16,19-20,30,33,38H,12,17-18,21-23H2,(H,37,41)/t33-/m0/s1. The minimum Gasteiger partial charge on any atom is -0.350 e. The lowest BCUT2D eigenvalue weighted by Gasteiger charge is -2.32. The summed E-state index contributed by atoms with van der Waals surface area (Å²) in [4.78, 5) is 29.4. The smallest absolute Gasteiger partial charge is 0.247 e. The molecule has 1 saturated carbocycles. The quantitative estimate of drug-likeness (QED) is 0.191. The summed E-state index contributed by atoms with van der Waals surface area (Å²) in [6.45, 7) is 0.319. The van der Waals surface area contributed by atoms with E-state index in [2.05, 4.69) is 10.0 Å². The molecule has 0 heterocycles. The van der Waals surface area contributed by atoms with Gasteiger partial charge in [-0.1, -0.05) is 78.3 Å². The van der Waals surface area contributed by atoms with Crippen LogP contribution in [-0.4, -0.2) is 31.2 Å². The highest BCUT2D eigenvalue weighted by molar-refractivity contribution is 7.89. The number of aryl methyl sites for hydroxylation is 1. The molecule has 4 aromatic carbocycles. The summed E-state index contributed by atoms with van der Waals surface area (Å²) >= 11 is 6.01. The molecule has 5 rings (SSSR count). The van der Waals surface area contributed by atoms with Gasteiger partial charge in [0, 0.05) is 30.6 Å². The Morgan fingerprint density at radius 2 is 1.45 bits per heavy atom. The summed E-state index contributed by atoms with van der Waals surface area (Å²) in [7, 11) is -3.58. The molecule has 0 unspecified atom stereocenters. The predicted molar refractivity (Wildman–Crippen MR) is 168 cm³/mol. The van der Waals surface area contributed by atoms with Crippen LogP contribution >= 0.6 is 11.6 Å². The van der Waals surface area contributed by atoms with Crippen molar-refractivity contribution in [3.63, 3.8) is 0 Å². The first-order chi connectivity index (χ1) is 21.2. The molecule has 4 aromatic rings. The molecule has 2 N–H and O–H groups in total. The lowest BCUT2D eigenvalue weighted by atomic mass is 10.0. The van der Waals surface area contributed by atoms with Crippen LogP contribution in [0.5, 0.6) is 0 Å². The van der Waals surface area contributed by atoms with Crippen molar-refractivity contribution in [1.82, 2.24) is 14.9 Å². The van der Waals surface area contributed by atoms with Gasteiger partial charge in [-0.25, -0.2) is 17.5 Å². The molecule has 1 aliphatic rings. The van der Waals surface area contributed by atoms with Crippen LogP contribution in [-0.2, 0) is 39.1 Å². The van der Waals surface area contributed by atoms with Gasteiger partial charge in [-0.2, -0.15) is 0 Å². The summed E-state index contributed by atoms with van der Waals surface area (Å²) in [5.74, 6) is -1.04. The van der Waals surface area contributed by atoms with Crippen LogP contribution in [0.1, 0.15) is 47.6 Å². The number of hydrogen-bond donors (Lipinski definition) is 2. The SMILES string of the molecule is O=C(NCc1ccc(Cl)cc1)[C@H](c1ccccc1)N(Cc1ccc(F)cc1)C(=O)CCc1ccc(S(=O)(=O)NC2CC2)cc1. The van der Waals surface area contributed by atoms with E-state index in [4.69, 9.17) is 11.6 Å². The van der Waals surface area contributed by atoms with Crippen LogP contribution in [0.3, 0.4) is 0 Å². The van der Waals surface area contributed by atoms with Crippen molar-refractivity contribution in [3.8, 4) is 0 Å². The lowest BCUT2D eigenvalue weighted by Crippen LogP contribution is -2.43. The second-order valence-corrected chi connectivity index (χ2v) is 13.0. The van der Waals surface area contributed by atoms with Crippen molar-refractivity contribution < 1.29 is 22.4 Å². The summed E-state index contributed by atoms with van der Waals surface area (Å²) in [6.07, 6.45) is 2.10. The number of rotatable bonds is 13. The third kappa shape index (κ3) is 8.53. The molecule has 0 spiro atoms. The van der Waals surface area contributed by atoms with E-state index in [-0.39, 0.29) is 42.3 Å². The average molecular weight is 634 g/mol. The first kappa shape index (κ1) is 31.4. The van der Waals surface area contributed by atoms with Crippen LogP contribution in [0, 0.1) is 5.82 Å². The molecule has 0 bridgehead atoms. The summed E-state index contributed by atoms with van der Waals surface area (Å²) < 4.78 is 41.4. The normalized spacial score (nSPS) is 13.7. The van der Waals surface area contributed by atoms with Gasteiger partial charge in [0.1, 0.15) is 11.9 Å². The highest BCUT2D eigenvalue weighted by atomic mass is 35.5. The van der Waals surface area contributed by atoms with Gasteiger partial charge in [-0.05, 0) is 77.9 Å². The van der Waals surface area contributed by atoms with Gasteiger partial charge in [-0.15, -0.1) is 0 Å². The molecule has 0 radical (unpaired) electrons. The van der Waals surface area contributed by atoms with Gasteiger partial charge in [0.25, 0.3) is 0 Å². The Morgan fingerprint density at radius 1 is 0.841 bits per heavy atom. The predicted octanol–water partition coefficient (Wildman–Crippen LogP) is 5.94. The van der Waals surface area contributed by atoms with E-state index in [0.29, 0.717) is 22.6 Å². The summed E-state index contributed by atoms with van der Waals surface area (Å²) in [5.41, 5.74) is 2.94. The van der Waals surface area contributed by atoms with E-state index in [0.717, 1.165) is 24.0 Å². The van der Waals surface area contributed by atoms with E-state index in [1.54, 1.807) is 48.5 Å². The van der Waals surface area contributed by atoms with Crippen LogP contribution in [0.2, 0.25) is 5.02 Å². The first-order valence-electron chi connectivity index (χ1n) is 14.4. The number of halogens is 2. The van der Waals surface area contributed by atoms with Crippen molar-refractivity contribution in [3.05, 3.63) is 136 Å². The highest BCUT2D eigenvalue weighted by Crippen LogP contribution is 2.26. The number of sulfonamides is 1. The summed E-state index contributed by atoms with van der Waals surface area (Å²) in [5, 5.41) is 3.55. The topological polar surface area (TPSA) is 95.6 Å². The van der Waals surface area contributed by atoms with Crippen molar-refractivity contribution in [1.29, 1.82) is 0 Å². The third-order valence-corrected chi connectivity index (χ3v) is 9.19. The number of nitrogens with zero attached hydrogens (tertiary/aromatic N) is 1. The zero-order valence-corrected chi connectivity index (χ0v) is 25.5. The van der Waals surface area contributed by atoms with Crippen molar-refractivity contribution in [2.24, 2.45) is 0 Å². The second kappa shape index (κ2) is 14.2. The van der Waals surface area contributed by atoms with Gasteiger partial charge in [0.2, 0.25) is 21.8 Å². The molecule has 2 amide bonds.